The molecule has 4 aromatic carbocycles. The van der Waals surface area contributed by atoms with Gasteiger partial charge in [-0.2, -0.15) is 5.11 Å². The molecule has 0 aliphatic rings. The molecule has 0 bridgehead atoms. The Morgan fingerprint density at radius 1 is 0.659 bits per heavy atom. The summed E-state index contributed by atoms with van der Waals surface area (Å²) in [6, 6.07) is 25.8. The minimum absolute atomic E-state index is 0.0517. The van der Waals surface area contributed by atoms with Gasteiger partial charge in [0.05, 0.1) is 31.3 Å². The molecule has 0 amide bonds. The van der Waals surface area contributed by atoms with Gasteiger partial charge in [0.2, 0.25) is 0 Å². The van der Waals surface area contributed by atoms with Gasteiger partial charge in [0.1, 0.15) is 5.69 Å². The fourth-order valence-electron chi connectivity index (χ4n) is 2.98. The fourth-order valence-corrected chi connectivity index (χ4v) is 3.36. The molecule has 0 saturated carbocycles. The van der Waals surface area contributed by atoms with Gasteiger partial charge in [-0.3, -0.25) is 20.2 Å². The van der Waals surface area contributed by atoms with Gasteiger partial charge in [0.25, 0.3) is 11.4 Å². The highest BCUT2D eigenvalue weighted by Crippen LogP contribution is 2.30. The maximum Gasteiger partial charge on any atom is 0.271 e. The largest absolute Gasteiger partial charge is 0.398 e. The molecule has 11 nitrogen and oxygen atoms in total. The molecule has 4 aromatic rings. The maximum atomic E-state index is 10.6. The number of nitro benzene ring substituents is 2. The van der Waals surface area contributed by atoms with Gasteiger partial charge >= 0.3 is 0 Å². The van der Waals surface area contributed by atoms with Crippen molar-refractivity contribution in [3.63, 3.8) is 0 Å². The predicted molar refractivity (Wildman–Crippen MR) is 166 cm³/mol. The zero-order valence-corrected chi connectivity index (χ0v) is 24.3. The molecule has 0 aliphatic carbocycles. The van der Waals surface area contributed by atoms with E-state index in [0.29, 0.717) is 17.1 Å². The Bertz CT molecular complexity index is 1480. The fraction of sp³-hybridized carbons (Fsp3) is 0.143. The maximum absolute atomic E-state index is 10.6. The number of hydrogen-bond acceptors (Lipinski definition) is 9. The second kappa shape index (κ2) is 15.8. The van der Waals surface area contributed by atoms with Crippen LogP contribution in [0.15, 0.2) is 101 Å². The first-order chi connectivity index (χ1) is 19.4. The van der Waals surface area contributed by atoms with E-state index < -0.39 is 9.85 Å². The molecule has 0 fully saturated rings. The molecule has 0 atom stereocenters. The molecule has 0 saturated heterocycles. The lowest BCUT2D eigenvalue weighted by Gasteiger charge is -2.11. The van der Waals surface area contributed by atoms with Crippen LogP contribution in [0.2, 0.25) is 10.0 Å². The van der Waals surface area contributed by atoms with E-state index in [1.54, 1.807) is 0 Å². The monoisotopic (exact) mass is 597 g/mol. The number of nitrogens with zero attached hydrogens (tertiary/aromatic N) is 6. The lowest BCUT2D eigenvalue weighted by Crippen LogP contribution is -2.07. The lowest BCUT2D eigenvalue weighted by molar-refractivity contribution is -0.385. The van der Waals surface area contributed by atoms with Gasteiger partial charge in [-0.15, -0.1) is 5.11 Å². The second-order valence-electron chi connectivity index (χ2n) is 8.70. The Morgan fingerprint density at radius 3 is 1.59 bits per heavy atom. The average Bonchev–Trinajstić information content (AvgIpc) is 2.95. The summed E-state index contributed by atoms with van der Waals surface area (Å²) in [5.41, 5.74) is 8.92. The number of para-hydroxylation sites is 1. The van der Waals surface area contributed by atoms with Crippen LogP contribution in [0.1, 0.15) is 0 Å². The third kappa shape index (κ3) is 10.7. The van der Waals surface area contributed by atoms with Crippen LogP contribution in [0.5, 0.6) is 0 Å². The molecule has 0 unspecified atom stereocenters. The summed E-state index contributed by atoms with van der Waals surface area (Å²) >= 11 is 11.5. The van der Waals surface area contributed by atoms with E-state index in [1.165, 1.54) is 42.1 Å². The Hall–Kier alpha value is -4.74. The van der Waals surface area contributed by atoms with E-state index in [4.69, 9.17) is 28.9 Å². The Kier molecular flexibility index (Phi) is 12.5. The smallest absolute Gasteiger partial charge is 0.271 e. The van der Waals surface area contributed by atoms with Crippen LogP contribution < -0.4 is 15.5 Å². The third-order valence-corrected chi connectivity index (χ3v) is 5.88. The van der Waals surface area contributed by atoms with Crippen molar-refractivity contribution in [1.29, 1.82) is 0 Å². The quantitative estimate of drug-likeness (QED) is 0.102. The number of nitrogens with two attached hydrogens (primary N) is 1. The van der Waals surface area contributed by atoms with E-state index >= 15 is 0 Å². The Labute approximate surface area is 247 Å². The van der Waals surface area contributed by atoms with E-state index in [0.717, 1.165) is 5.69 Å². The average molecular weight is 598 g/mol. The number of rotatable bonds is 6. The summed E-state index contributed by atoms with van der Waals surface area (Å²) in [6.45, 7) is 0. The van der Waals surface area contributed by atoms with Gasteiger partial charge < -0.3 is 15.5 Å². The number of benzene rings is 4. The number of hydrogen-bond donors (Lipinski definition) is 1. The summed E-state index contributed by atoms with van der Waals surface area (Å²) in [5.74, 6) is 0. The molecule has 13 heteroatoms. The summed E-state index contributed by atoms with van der Waals surface area (Å²) < 4.78 is 0. The number of halogens is 2. The van der Waals surface area contributed by atoms with Crippen molar-refractivity contribution >= 4 is 63.0 Å². The van der Waals surface area contributed by atoms with Crippen LogP contribution >= 0.6 is 23.2 Å². The van der Waals surface area contributed by atoms with Crippen LogP contribution in [0.25, 0.3) is 0 Å². The predicted octanol–water partition coefficient (Wildman–Crippen LogP) is 8.31. The molecular weight excluding hydrogens is 569 g/mol. The van der Waals surface area contributed by atoms with E-state index in [2.05, 4.69) is 27.3 Å². The molecule has 4 rings (SSSR count). The van der Waals surface area contributed by atoms with Crippen molar-refractivity contribution in [3.8, 4) is 0 Å². The standard InChI is InChI=1S/C14H13ClN4O2.C8H11N.C6H5ClN2O2/c1-18(2)11-5-3-10(4-6-11)16-17-14-8-7-12(19(20)21)9-13(14)15;1-9(2)8-6-4-3-5-7-8;7-5-3-4(9(10)11)1-2-6(5)8/h3-9H,1-2H3;3-7H,1-2H3;1-3H,8H2. The molecule has 2 N–H and O–H groups in total. The van der Waals surface area contributed by atoms with Crippen molar-refractivity contribution in [2.24, 2.45) is 10.2 Å². The number of anilines is 3. The van der Waals surface area contributed by atoms with Crippen LogP contribution in [-0.4, -0.2) is 38.0 Å². The van der Waals surface area contributed by atoms with Crippen LogP contribution in [0.4, 0.5) is 39.8 Å². The summed E-state index contributed by atoms with van der Waals surface area (Å²) in [6.07, 6.45) is 0. The SMILES string of the molecule is CN(C)c1ccc(N=Nc2ccc([N+](=O)[O-])cc2Cl)cc1.CN(C)c1ccccc1.Nc1ccc([N+](=O)[O-])cc1Cl. The van der Waals surface area contributed by atoms with Crippen molar-refractivity contribution in [2.45, 2.75) is 0 Å². The van der Waals surface area contributed by atoms with E-state index in [-0.39, 0.29) is 21.4 Å². The highest BCUT2D eigenvalue weighted by molar-refractivity contribution is 6.33. The first kappa shape index (κ1) is 32.5. The molecular formula is C28H29Cl2N7O4. The van der Waals surface area contributed by atoms with Crippen LogP contribution in [0, 0.1) is 20.2 Å². The summed E-state index contributed by atoms with van der Waals surface area (Å²) in [5, 5.41) is 29.3. The second-order valence-corrected chi connectivity index (χ2v) is 9.51. The Balaban J connectivity index is 0.000000245. The number of nitro groups is 2. The molecule has 0 radical (unpaired) electrons. The molecule has 0 aromatic heterocycles. The lowest BCUT2D eigenvalue weighted by atomic mass is 10.3. The van der Waals surface area contributed by atoms with E-state index in [1.807, 2.05) is 75.6 Å². The summed E-state index contributed by atoms with van der Waals surface area (Å²) in [4.78, 5) is 23.8. The van der Waals surface area contributed by atoms with Crippen molar-refractivity contribution < 1.29 is 9.85 Å². The number of azo groups is 1. The summed E-state index contributed by atoms with van der Waals surface area (Å²) in [7, 11) is 7.98. The zero-order valence-electron chi connectivity index (χ0n) is 22.8. The molecule has 214 valence electrons. The number of non-ortho nitro benzene ring substituents is 2. The highest BCUT2D eigenvalue weighted by atomic mass is 35.5. The molecule has 41 heavy (non-hydrogen) atoms. The molecule has 0 aliphatic heterocycles. The van der Waals surface area contributed by atoms with Gasteiger partial charge in [-0.05, 0) is 48.5 Å². The first-order valence-corrected chi connectivity index (χ1v) is 12.7. The first-order valence-electron chi connectivity index (χ1n) is 11.9. The minimum atomic E-state index is -0.522. The molecule has 0 heterocycles. The molecule has 0 spiro atoms. The van der Waals surface area contributed by atoms with Crippen LogP contribution in [0.3, 0.4) is 0 Å². The highest BCUT2D eigenvalue weighted by Gasteiger charge is 2.09. The van der Waals surface area contributed by atoms with Gasteiger partial charge in [0, 0.05) is 63.8 Å². The van der Waals surface area contributed by atoms with Gasteiger partial charge in [-0.1, -0.05) is 41.4 Å². The van der Waals surface area contributed by atoms with Crippen molar-refractivity contribution in [1.82, 2.24) is 0 Å². The van der Waals surface area contributed by atoms with Gasteiger partial charge in [-0.25, -0.2) is 0 Å². The minimum Gasteiger partial charge on any atom is -0.398 e. The Morgan fingerprint density at radius 2 is 1.15 bits per heavy atom. The van der Waals surface area contributed by atoms with E-state index in [9.17, 15) is 20.2 Å². The van der Waals surface area contributed by atoms with Crippen molar-refractivity contribution in [3.05, 3.63) is 121 Å². The topological polar surface area (TPSA) is 144 Å². The van der Waals surface area contributed by atoms with Crippen molar-refractivity contribution in [2.75, 3.05) is 43.7 Å². The van der Waals surface area contributed by atoms with Gasteiger partial charge in [0.15, 0.2) is 0 Å². The van der Waals surface area contributed by atoms with Crippen LogP contribution in [-0.2, 0) is 0 Å². The third-order valence-electron chi connectivity index (χ3n) is 5.25. The normalized spacial score (nSPS) is 10.1. The number of nitrogen functional groups attached to an aromatic ring is 1. The zero-order chi connectivity index (χ0) is 30.5.